The fourth-order valence-corrected chi connectivity index (χ4v) is 2.07. The van der Waals surface area contributed by atoms with Gasteiger partial charge in [0.1, 0.15) is 12.4 Å². The van der Waals surface area contributed by atoms with Crippen LogP contribution in [0.4, 0.5) is 0 Å². The zero-order valence-corrected chi connectivity index (χ0v) is 11.3. The summed E-state index contributed by atoms with van der Waals surface area (Å²) in [4.78, 5) is 0. The first-order valence-corrected chi connectivity index (χ1v) is 6.17. The molecule has 0 saturated heterocycles. The molecule has 1 unspecified atom stereocenters. The maximum Gasteiger partial charge on any atom is 0.126 e. The summed E-state index contributed by atoms with van der Waals surface area (Å²) in [5.41, 5.74) is 7.64. The SMILES string of the molecule is CCC(O)COc1c(C)cc(Br)cc1CN. The van der Waals surface area contributed by atoms with E-state index in [-0.39, 0.29) is 0 Å². The van der Waals surface area contributed by atoms with Gasteiger partial charge in [-0.2, -0.15) is 0 Å². The van der Waals surface area contributed by atoms with Gasteiger partial charge < -0.3 is 15.6 Å². The lowest BCUT2D eigenvalue weighted by Gasteiger charge is -2.16. The van der Waals surface area contributed by atoms with Crippen LogP contribution in [0.1, 0.15) is 24.5 Å². The van der Waals surface area contributed by atoms with Gasteiger partial charge in [0.2, 0.25) is 0 Å². The summed E-state index contributed by atoms with van der Waals surface area (Å²) >= 11 is 3.42. The molecular weight excluding hydrogens is 270 g/mol. The van der Waals surface area contributed by atoms with E-state index in [0.29, 0.717) is 19.6 Å². The molecule has 3 nitrogen and oxygen atoms in total. The molecule has 0 amide bonds. The third-order valence-electron chi connectivity index (χ3n) is 2.43. The molecule has 1 aromatic rings. The molecule has 90 valence electrons. The molecule has 4 heteroatoms. The highest BCUT2D eigenvalue weighted by atomic mass is 79.9. The molecular formula is C12H18BrNO2. The van der Waals surface area contributed by atoms with Crippen molar-refractivity contribution >= 4 is 15.9 Å². The molecule has 0 aliphatic carbocycles. The number of halogens is 1. The normalized spacial score (nSPS) is 12.6. The van der Waals surface area contributed by atoms with Crippen molar-refractivity contribution in [1.29, 1.82) is 0 Å². The molecule has 1 atom stereocenters. The quantitative estimate of drug-likeness (QED) is 0.874. The molecule has 0 aliphatic heterocycles. The smallest absolute Gasteiger partial charge is 0.126 e. The van der Waals surface area contributed by atoms with Crippen LogP contribution in [-0.4, -0.2) is 17.8 Å². The number of aliphatic hydroxyl groups excluding tert-OH is 1. The van der Waals surface area contributed by atoms with Crippen LogP contribution >= 0.6 is 15.9 Å². The highest BCUT2D eigenvalue weighted by molar-refractivity contribution is 9.10. The molecule has 1 aromatic carbocycles. The molecule has 0 fully saturated rings. The largest absolute Gasteiger partial charge is 0.490 e. The Bertz CT molecular complexity index is 355. The minimum Gasteiger partial charge on any atom is -0.490 e. The van der Waals surface area contributed by atoms with Crippen molar-refractivity contribution in [2.45, 2.75) is 32.9 Å². The molecule has 16 heavy (non-hydrogen) atoms. The lowest BCUT2D eigenvalue weighted by atomic mass is 10.1. The number of benzene rings is 1. The lowest BCUT2D eigenvalue weighted by Crippen LogP contribution is -2.17. The average Bonchev–Trinajstić information content (AvgIpc) is 2.26. The predicted molar refractivity (Wildman–Crippen MR) is 68.6 cm³/mol. The van der Waals surface area contributed by atoms with Crippen LogP contribution in [0, 0.1) is 6.92 Å². The van der Waals surface area contributed by atoms with Gasteiger partial charge in [0.25, 0.3) is 0 Å². The summed E-state index contributed by atoms with van der Waals surface area (Å²) < 4.78 is 6.61. The Morgan fingerprint density at radius 2 is 2.19 bits per heavy atom. The highest BCUT2D eigenvalue weighted by Gasteiger charge is 2.09. The Balaban J connectivity index is 2.85. The van der Waals surface area contributed by atoms with E-state index in [1.807, 2.05) is 26.0 Å². The summed E-state index contributed by atoms with van der Waals surface area (Å²) in [6, 6.07) is 3.92. The van der Waals surface area contributed by atoms with Crippen LogP contribution in [0.15, 0.2) is 16.6 Å². The second-order valence-corrected chi connectivity index (χ2v) is 4.70. The number of rotatable bonds is 5. The molecule has 0 bridgehead atoms. The minimum atomic E-state index is -0.423. The summed E-state index contributed by atoms with van der Waals surface area (Å²) in [6.45, 7) is 4.63. The maximum atomic E-state index is 9.46. The Hall–Kier alpha value is -0.580. The standard InChI is InChI=1S/C12H18BrNO2/c1-3-11(15)7-16-12-8(2)4-10(13)5-9(12)6-14/h4-5,11,15H,3,6-7,14H2,1-2H3. The third-order valence-corrected chi connectivity index (χ3v) is 2.89. The lowest BCUT2D eigenvalue weighted by molar-refractivity contribution is 0.103. The summed E-state index contributed by atoms with van der Waals surface area (Å²) in [5, 5.41) is 9.46. The van der Waals surface area contributed by atoms with E-state index in [1.165, 1.54) is 0 Å². The summed E-state index contributed by atoms with van der Waals surface area (Å²) in [7, 11) is 0. The van der Waals surface area contributed by atoms with Crippen molar-refractivity contribution in [3.05, 3.63) is 27.7 Å². The first kappa shape index (κ1) is 13.5. The van der Waals surface area contributed by atoms with Crippen molar-refractivity contribution in [3.63, 3.8) is 0 Å². The molecule has 0 spiro atoms. The molecule has 0 saturated carbocycles. The summed E-state index contributed by atoms with van der Waals surface area (Å²) in [5.74, 6) is 0.790. The van der Waals surface area contributed by atoms with E-state index in [4.69, 9.17) is 10.5 Å². The number of nitrogens with two attached hydrogens (primary N) is 1. The first-order chi connectivity index (χ1) is 7.58. The van der Waals surface area contributed by atoms with E-state index in [0.717, 1.165) is 21.3 Å². The van der Waals surface area contributed by atoms with Crippen LogP contribution in [-0.2, 0) is 6.54 Å². The fourth-order valence-electron chi connectivity index (χ4n) is 1.45. The van der Waals surface area contributed by atoms with Gasteiger partial charge in [-0.3, -0.25) is 0 Å². The Morgan fingerprint density at radius 1 is 1.50 bits per heavy atom. The number of hydrogen-bond acceptors (Lipinski definition) is 3. The molecule has 0 aromatic heterocycles. The van der Waals surface area contributed by atoms with Crippen LogP contribution in [0.3, 0.4) is 0 Å². The number of aliphatic hydroxyl groups is 1. The topological polar surface area (TPSA) is 55.5 Å². The maximum absolute atomic E-state index is 9.46. The van der Waals surface area contributed by atoms with E-state index < -0.39 is 6.10 Å². The first-order valence-electron chi connectivity index (χ1n) is 5.38. The van der Waals surface area contributed by atoms with Crippen molar-refractivity contribution in [3.8, 4) is 5.75 Å². The van der Waals surface area contributed by atoms with Crippen molar-refractivity contribution < 1.29 is 9.84 Å². The van der Waals surface area contributed by atoms with E-state index >= 15 is 0 Å². The second kappa shape index (κ2) is 6.23. The fraction of sp³-hybridized carbons (Fsp3) is 0.500. The summed E-state index contributed by atoms with van der Waals surface area (Å²) in [6.07, 6.45) is 0.266. The monoisotopic (exact) mass is 287 g/mol. The zero-order chi connectivity index (χ0) is 12.1. The van der Waals surface area contributed by atoms with Crippen LogP contribution < -0.4 is 10.5 Å². The van der Waals surface area contributed by atoms with Gasteiger partial charge in [-0.05, 0) is 31.0 Å². The molecule has 0 radical (unpaired) electrons. The molecule has 3 N–H and O–H groups in total. The minimum absolute atomic E-state index is 0.311. The Kier molecular flexibility index (Phi) is 5.25. The highest BCUT2D eigenvalue weighted by Crippen LogP contribution is 2.27. The van der Waals surface area contributed by atoms with Gasteiger partial charge >= 0.3 is 0 Å². The van der Waals surface area contributed by atoms with Crippen molar-refractivity contribution in [2.24, 2.45) is 5.73 Å². The van der Waals surface area contributed by atoms with E-state index in [1.54, 1.807) is 0 Å². The third kappa shape index (κ3) is 3.47. The van der Waals surface area contributed by atoms with Crippen LogP contribution in [0.2, 0.25) is 0 Å². The number of aryl methyl sites for hydroxylation is 1. The van der Waals surface area contributed by atoms with Crippen LogP contribution in [0.25, 0.3) is 0 Å². The predicted octanol–water partition coefficient (Wildman–Crippen LogP) is 2.37. The van der Waals surface area contributed by atoms with Gasteiger partial charge in [-0.25, -0.2) is 0 Å². The van der Waals surface area contributed by atoms with Gasteiger partial charge in [-0.15, -0.1) is 0 Å². The Labute approximate surface area is 105 Å². The molecule has 0 heterocycles. The Morgan fingerprint density at radius 3 is 2.75 bits per heavy atom. The average molecular weight is 288 g/mol. The van der Waals surface area contributed by atoms with Crippen molar-refractivity contribution in [2.75, 3.05) is 6.61 Å². The van der Waals surface area contributed by atoms with Crippen molar-refractivity contribution in [1.82, 2.24) is 0 Å². The second-order valence-electron chi connectivity index (χ2n) is 3.79. The van der Waals surface area contributed by atoms with Gasteiger partial charge in [0.15, 0.2) is 0 Å². The number of hydrogen-bond donors (Lipinski definition) is 2. The van der Waals surface area contributed by atoms with E-state index in [2.05, 4.69) is 15.9 Å². The van der Waals surface area contributed by atoms with E-state index in [9.17, 15) is 5.11 Å². The zero-order valence-electron chi connectivity index (χ0n) is 9.66. The molecule has 0 aliphatic rings. The van der Waals surface area contributed by atoms with Crippen LogP contribution in [0.5, 0.6) is 5.75 Å². The van der Waals surface area contributed by atoms with Gasteiger partial charge in [0, 0.05) is 16.6 Å². The number of ether oxygens (including phenoxy) is 1. The van der Waals surface area contributed by atoms with Gasteiger partial charge in [0.05, 0.1) is 6.10 Å². The van der Waals surface area contributed by atoms with Gasteiger partial charge in [-0.1, -0.05) is 22.9 Å². The molecule has 1 rings (SSSR count).